The van der Waals surface area contributed by atoms with Crippen LogP contribution in [0.3, 0.4) is 0 Å². The van der Waals surface area contributed by atoms with Crippen LogP contribution in [0, 0.1) is 15.9 Å². The Balaban J connectivity index is 2.56. The Bertz CT molecular complexity index is 885. The second-order valence-corrected chi connectivity index (χ2v) is 5.94. The molecule has 0 saturated heterocycles. The number of nitro groups is 1. The molecule has 0 aliphatic heterocycles. The Hall–Kier alpha value is -3.36. The number of benzene rings is 2. The molecule has 0 aliphatic carbocycles. The molecule has 0 N–H and O–H groups in total. The van der Waals surface area contributed by atoms with Crippen LogP contribution >= 0.6 is 0 Å². The van der Waals surface area contributed by atoms with Crippen LogP contribution in [-0.2, 0) is 0 Å². The van der Waals surface area contributed by atoms with Gasteiger partial charge in [0, 0.05) is 13.1 Å². The quantitative estimate of drug-likeness (QED) is 0.528. The summed E-state index contributed by atoms with van der Waals surface area (Å²) in [6.45, 7) is 1.73. The summed E-state index contributed by atoms with van der Waals surface area (Å²) >= 11 is 0. The Labute approximate surface area is 161 Å². The molecule has 8 nitrogen and oxygen atoms in total. The van der Waals surface area contributed by atoms with Gasteiger partial charge in [-0.1, -0.05) is 12.1 Å². The summed E-state index contributed by atoms with van der Waals surface area (Å²) in [4.78, 5) is 25.4. The molecule has 0 radical (unpaired) electrons. The normalized spacial score (nSPS) is 11.5. The molecule has 0 saturated carbocycles. The molecule has 0 heterocycles. The Morgan fingerprint density at radius 2 is 1.68 bits per heavy atom. The number of rotatable bonds is 7. The van der Waals surface area contributed by atoms with Crippen molar-refractivity contribution in [2.75, 3.05) is 28.4 Å². The van der Waals surface area contributed by atoms with Gasteiger partial charge in [-0.25, -0.2) is 4.39 Å². The molecular weight excluding hydrogens is 371 g/mol. The number of nitro benzene ring substituents is 1. The highest BCUT2D eigenvalue weighted by Crippen LogP contribution is 2.46. The molecule has 0 fully saturated rings. The summed E-state index contributed by atoms with van der Waals surface area (Å²) in [7, 11) is 5.41. The SMILES string of the molecule is COc1cc(C(=O)N(C)[C@@H](C)c2ccc(F)cc2)c([N+](=O)[O-])c(OC)c1OC. The van der Waals surface area contributed by atoms with E-state index in [4.69, 9.17) is 14.2 Å². The number of hydrogen-bond donors (Lipinski definition) is 0. The third-order valence-corrected chi connectivity index (χ3v) is 4.47. The molecule has 0 aromatic heterocycles. The van der Waals surface area contributed by atoms with E-state index in [0.717, 1.165) is 0 Å². The minimum Gasteiger partial charge on any atom is -0.493 e. The summed E-state index contributed by atoms with van der Waals surface area (Å²) in [6.07, 6.45) is 0. The largest absolute Gasteiger partial charge is 0.493 e. The van der Waals surface area contributed by atoms with Crippen molar-refractivity contribution in [1.29, 1.82) is 0 Å². The fraction of sp³-hybridized carbons (Fsp3) is 0.316. The van der Waals surface area contributed by atoms with Crippen molar-refractivity contribution < 1.29 is 28.3 Å². The maximum absolute atomic E-state index is 13.2. The molecular formula is C19H21FN2O6. The number of halogens is 1. The molecule has 2 aromatic rings. The zero-order valence-corrected chi connectivity index (χ0v) is 16.2. The van der Waals surface area contributed by atoms with Gasteiger partial charge in [0.15, 0.2) is 5.75 Å². The first-order valence-electron chi connectivity index (χ1n) is 8.26. The van der Waals surface area contributed by atoms with E-state index in [1.807, 2.05) is 0 Å². The molecule has 2 rings (SSSR count). The first-order chi connectivity index (χ1) is 13.3. The summed E-state index contributed by atoms with van der Waals surface area (Å²) in [6, 6.07) is 6.45. The average Bonchev–Trinajstić information content (AvgIpc) is 2.70. The van der Waals surface area contributed by atoms with Crippen molar-refractivity contribution in [3.05, 3.63) is 57.4 Å². The number of amides is 1. The van der Waals surface area contributed by atoms with Gasteiger partial charge >= 0.3 is 5.69 Å². The summed E-state index contributed by atoms with van der Waals surface area (Å²) in [5, 5.41) is 11.7. The lowest BCUT2D eigenvalue weighted by Crippen LogP contribution is -2.30. The van der Waals surface area contributed by atoms with E-state index in [-0.39, 0.29) is 22.8 Å². The lowest BCUT2D eigenvalue weighted by molar-refractivity contribution is -0.386. The highest BCUT2D eigenvalue weighted by Gasteiger charge is 2.34. The van der Waals surface area contributed by atoms with E-state index in [0.29, 0.717) is 5.56 Å². The van der Waals surface area contributed by atoms with Crippen LogP contribution in [0.1, 0.15) is 28.9 Å². The predicted octanol–water partition coefficient (Wildman–Crippen LogP) is 3.59. The van der Waals surface area contributed by atoms with Crippen LogP contribution in [0.15, 0.2) is 30.3 Å². The van der Waals surface area contributed by atoms with Crippen LogP contribution in [0.2, 0.25) is 0 Å². The maximum Gasteiger partial charge on any atom is 0.327 e. The molecule has 0 aliphatic rings. The van der Waals surface area contributed by atoms with E-state index in [1.54, 1.807) is 19.1 Å². The minimum atomic E-state index is -0.704. The molecule has 0 bridgehead atoms. The van der Waals surface area contributed by atoms with Gasteiger partial charge in [0.1, 0.15) is 11.4 Å². The van der Waals surface area contributed by atoms with E-state index in [2.05, 4.69) is 0 Å². The first kappa shape index (κ1) is 20.9. The van der Waals surface area contributed by atoms with Crippen molar-refractivity contribution in [3.8, 4) is 17.2 Å². The number of carbonyl (C=O) groups is 1. The third kappa shape index (κ3) is 3.83. The van der Waals surface area contributed by atoms with Crippen molar-refractivity contribution in [1.82, 2.24) is 4.90 Å². The van der Waals surface area contributed by atoms with E-state index in [1.165, 1.54) is 51.5 Å². The Morgan fingerprint density at radius 1 is 1.11 bits per heavy atom. The lowest BCUT2D eigenvalue weighted by Gasteiger charge is -2.26. The second-order valence-electron chi connectivity index (χ2n) is 5.94. The summed E-state index contributed by atoms with van der Waals surface area (Å²) < 4.78 is 28.7. The molecule has 150 valence electrons. The topological polar surface area (TPSA) is 91.1 Å². The third-order valence-electron chi connectivity index (χ3n) is 4.47. The molecule has 0 spiro atoms. The van der Waals surface area contributed by atoms with Gasteiger partial charge in [-0.2, -0.15) is 0 Å². The number of nitrogens with zero attached hydrogens (tertiary/aromatic N) is 2. The zero-order valence-electron chi connectivity index (χ0n) is 16.2. The molecule has 1 atom stereocenters. The molecule has 0 unspecified atom stereocenters. The molecule has 9 heteroatoms. The van der Waals surface area contributed by atoms with E-state index >= 15 is 0 Å². The van der Waals surface area contributed by atoms with E-state index in [9.17, 15) is 19.3 Å². The van der Waals surface area contributed by atoms with Crippen molar-refractivity contribution in [3.63, 3.8) is 0 Å². The average molecular weight is 392 g/mol. The fourth-order valence-electron chi connectivity index (χ4n) is 2.82. The minimum absolute atomic E-state index is 0.0162. The van der Waals surface area contributed by atoms with E-state index < -0.39 is 28.4 Å². The highest BCUT2D eigenvalue weighted by molar-refractivity contribution is 6.00. The number of methoxy groups -OCH3 is 3. The monoisotopic (exact) mass is 392 g/mol. The highest BCUT2D eigenvalue weighted by atomic mass is 19.1. The van der Waals surface area contributed by atoms with Gasteiger partial charge < -0.3 is 19.1 Å². The van der Waals surface area contributed by atoms with Gasteiger partial charge in [-0.15, -0.1) is 0 Å². The fourth-order valence-corrected chi connectivity index (χ4v) is 2.82. The zero-order chi connectivity index (χ0) is 21.0. The van der Waals surface area contributed by atoms with Gasteiger partial charge in [0.2, 0.25) is 11.5 Å². The van der Waals surface area contributed by atoms with Crippen molar-refractivity contribution in [2.24, 2.45) is 0 Å². The van der Waals surface area contributed by atoms with Crippen LogP contribution in [0.25, 0.3) is 0 Å². The number of carbonyl (C=O) groups excluding carboxylic acids is 1. The van der Waals surface area contributed by atoms with Crippen molar-refractivity contribution >= 4 is 11.6 Å². The van der Waals surface area contributed by atoms with Crippen LogP contribution in [0.4, 0.5) is 10.1 Å². The standard InChI is InChI=1S/C19H21FN2O6/c1-11(12-6-8-13(20)9-7-12)21(2)19(23)14-10-15(26-3)17(27-4)18(28-5)16(14)22(24)25/h6-11H,1-5H3/t11-/m0/s1. The van der Waals surface area contributed by atoms with Gasteiger partial charge in [0.25, 0.3) is 5.91 Å². The first-order valence-corrected chi connectivity index (χ1v) is 8.26. The van der Waals surface area contributed by atoms with Crippen LogP contribution in [-0.4, -0.2) is 44.1 Å². The molecule has 2 aromatic carbocycles. The second kappa shape index (κ2) is 8.55. The lowest BCUT2D eigenvalue weighted by atomic mass is 10.0. The van der Waals surface area contributed by atoms with Gasteiger partial charge in [-0.05, 0) is 24.6 Å². The maximum atomic E-state index is 13.2. The van der Waals surface area contributed by atoms with Gasteiger partial charge in [0.05, 0.1) is 32.3 Å². The number of hydrogen-bond acceptors (Lipinski definition) is 6. The summed E-state index contributed by atoms with van der Waals surface area (Å²) in [5.41, 5.74) is -0.0633. The van der Waals surface area contributed by atoms with Crippen LogP contribution in [0.5, 0.6) is 17.2 Å². The summed E-state index contributed by atoms with van der Waals surface area (Å²) in [5.74, 6) is -1.09. The Kier molecular flexibility index (Phi) is 6.40. The van der Waals surface area contributed by atoms with Crippen LogP contribution < -0.4 is 14.2 Å². The molecule has 28 heavy (non-hydrogen) atoms. The smallest absolute Gasteiger partial charge is 0.327 e. The molecule has 1 amide bonds. The predicted molar refractivity (Wildman–Crippen MR) is 99.7 cm³/mol. The Morgan fingerprint density at radius 3 is 2.14 bits per heavy atom. The van der Waals surface area contributed by atoms with Gasteiger partial charge in [-0.3, -0.25) is 14.9 Å². The van der Waals surface area contributed by atoms with Crippen molar-refractivity contribution in [2.45, 2.75) is 13.0 Å². The number of ether oxygens (including phenoxy) is 3.